The molecule has 0 aliphatic carbocycles. The monoisotopic (exact) mass is 510 g/mol. The third kappa shape index (κ3) is 5.92. The molecule has 0 unspecified atom stereocenters. The molecule has 0 atom stereocenters. The number of anilines is 2. The molecule has 0 aliphatic heterocycles. The summed E-state index contributed by atoms with van der Waals surface area (Å²) in [6, 6.07) is 9.13. The van der Waals surface area contributed by atoms with Gasteiger partial charge < -0.3 is 20.5 Å². The summed E-state index contributed by atoms with van der Waals surface area (Å²) in [5, 5.41) is 24.1. The SMILES string of the molecule is COCNc1cc(N)c(OC)cc1N=Nc1cc(S(=O)(=O)O)c2cc(SOOO)cc(C)c2c1. The van der Waals surface area contributed by atoms with Gasteiger partial charge in [0.1, 0.15) is 23.1 Å². The van der Waals surface area contributed by atoms with Gasteiger partial charge in [0.2, 0.25) is 0 Å². The number of hydrogen-bond donors (Lipinski definition) is 4. The van der Waals surface area contributed by atoms with Gasteiger partial charge in [0.15, 0.2) is 0 Å². The average Bonchev–Trinajstić information content (AvgIpc) is 2.79. The minimum Gasteiger partial charge on any atom is -0.495 e. The normalized spacial score (nSPS) is 11.9. The number of nitrogens with one attached hydrogen (secondary N) is 1. The molecule has 34 heavy (non-hydrogen) atoms. The highest BCUT2D eigenvalue weighted by Gasteiger charge is 2.18. The molecule has 5 N–H and O–H groups in total. The summed E-state index contributed by atoms with van der Waals surface area (Å²) in [6.07, 6.45) is 0. The smallest absolute Gasteiger partial charge is 0.295 e. The van der Waals surface area contributed by atoms with E-state index in [1.807, 2.05) is 0 Å². The third-order valence-corrected chi connectivity index (χ3v) is 6.11. The van der Waals surface area contributed by atoms with E-state index in [1.54, 1.807) is 31.2 Å². The van der Waals surface area contributed by atoms with Gasteiger partial charge >= 0.3 is 0 Å². The molecule has 0 fully saturated rings. The Morgan fingerprint density at radius 1 is 1.09 bits per heavy atom. The third-order valence-electron chi connectivity index (χ3n) is 4.66. The number of nitrogen functional groups attached to an aromatic ring is 1. The zero-order valence-corrected chi connectivity index (χ0v) is 19.9. The molecule has 0 radical (unpaired) electrons. The highest BCUT2D eigenvalue weighted by Crippen LogP contribution is 2.38. The predicted molar refractivity (Wildman–Crippen MR) is 126 cm³/mol. The molecular formula is C20H22N4O8S2. The van der Waals surface area contributed by atoms with E-state index in [0.717, 1.165) is 0 Å². The van der Waals surface area contributed by atoms with Gasteiger partial charge in [-0.2, -0.15) is 13.5 Å². The Labute approximate surface area is 199 Å². The van der Waals surface area contributed by atoms with E-state index in [-0.39, 0.29) is 22.7 Å². The fraction of sp³-hybridized carbons (Fsp3) is 0.200. The van der Waals surface area contributed by atoms with Crippen molar-refractivity contribution in [1.82, 2.24) is 0 Å². The summed E-state index contributed by atoms with van der Waals surface area (Å²) >= 11 is 0.663. The van der Waals surface area contributed by atoms with Crippen LogP contribution in [0, 0.1) is 6.92 Å². The van der Waals surface area contributed by atoms with Gasteiger partial charge in [-0.25, -0.2) is 5.26 Å². The van der Waals surface area contributed by atoms with Crippen molar-refractivity contribution < 1.29 is 37.1 Å². The summed E-state index contributed by atoms with van der Waals surface area (Å²) in [6.45, 7) is 1.92. The standard InChI is InChI=1S/C20H22N4O8S2/c1-11-4-13(33-32-31-25)7-15-14(11)5-12(6-20(15)34(26,27)28)23-24-18-9-19(30-3)16(21)8-17(18)22-10-29-2/h4-9,22,25H,10,21H2,1-3H3,(H,26,27,28). The van der Waals surface area contributed by atoms with Gasteiger partial charge in [-0.3, -0.25) is 4.55 Å². The maximum atomic E-state index is 12.1. The van der Waals surface area contributed by atoms with Crippen LogP contribution in [-0.2, 0) is 24.2 Å². The first-order valence-corrected chi connectivity index (χ1v) is 11.7. The highest BCUT2D eigenvalue weighted by molar-refractivity contribution is 7.94. The number of nitrogens with two attached hydrogens (primary N) is 1. The second-order valence-corrected chi connectivity index (χ2v) is 9.07. The number of ether oxygens (including phenoxy) is 2. The van der Waals surface area contributed by atoms with E-state index in [4.69, 9.17) is 20.5 Å². The molecule has 3 rings (SSSR count). The number of nitrogens with zero attached hydrogens (tertiary/aromatic N) is 2. The van der Waals surface area contributed by atoms with E-state index < -0.39 is 10.1 Å². The second-order valence-electron chi connectivity index (χ2n) is 6.90. The van der Waals surface area contributed by atoms with Crippen LogP contribution in [0.15, 0.2) is 56.4 Å². The second kappa shape index (κ2) is 11.0. The lowest BCUT2D eigenvalue weighted by molar-refractivity contribution is -0.432. The zero-order valence-electron chi connectivity index (χ0n) is 18.3. The minimum atomic E-state index is -4.62. The summed E-state index contributed by atoms with van der Waals surface area (Å²) < 4.78 is 48.8. The molecule has 0 heterocycles. The number of aryl methyl sites for hydroxylation is 1. The summed E-state index contributed by atoms with van der Waals surface area (Å²) in [4.78, 5) is 0.0585. The van der Waals surface area contributed by atoms with E-state index in [2.05, 4.69) is 24.9 Å². The fourth-order valence-electron chi connectivity index (χ4n) is 3.18. The van der Waals surface area contributed by atoms with Crippen LogP contribution in [0.25, 0.3) is 10.8 Å². The van der Waals surface area contributed by atoms with Crippen molar-refractivity contribution in [2.75, 3.05) is 32.0 Å². The molecule has 0 aromatic heterocycles. The molecule has 0 saturated heterocycles. The van der Waals surface area contributed by atoms with Crippen LogP contribution >= 0.6 is 12.0 Å². The molecule has 12 nitrogen and oxygen atoms in total. The lowest BCUT2D eigenvalue weighted by Crippen LogP contribution is -2.04. The lowest BCUT2D eigenvalue weighted by Gasteiger charge is -2.12. The maximum Gasteiger partial charge on any atom is 0.295 e. The molecule has 182 valence electrons. The van der Waals surface area contributed by atoms with E-state index in [1.165, 1.54) is 26.4 Å². The Balaban J connectivity index is 2.13. The van der Waals surface area contributed by atoms with Gasteiger partial charge in [0, 0.05) is 23.5 Å². The topological polar surface area (TPSA) is 174 Å². The number of rotatable bonds is 10. The van der Waals surface area contributed by atoms with Crippen molar-refractivity contribution >= 4 is 55.7 Å². The van der Waals surface area contributed by atoms with Crippen LogP contribution in [0.5, 0.6) is 5.75 Å². The van der Waals surface area contributed by atoms with Gasteiger partial charge in [-0.1, -0.05) is 5.04 Å². The van der Waals surface area contributed by atoms with Crippen molar-refractivity contribution in [3.05, 3.63) is 42.0 Å². The molecule has 3 aromatic carbocycles. The number of azo groups is 1. The molecule has 0 aliphatic rings. The first-order valence-electron chi connectivity index (χ1n) is 9.50. The van der Waals surface area contributed by atoms with Crippen molar-refractivity contribution in [3.63, 3.8) is 0 Å². The van der Waals surface area contributed by atoms with Crippen LogP contribution in [-0.4, -0.2) is 39.2 Å². The molecule has 0 bridgehead atoms. The summed E-state index contributed by atoms with van der Waals surface area (Å²) in [5.41, 5.74) is 8.04. The average molecular weight is 511 g/mol. The molecule has 3 aromatic rings. The molecule has 14 heteroatoms. The Kier molecular flexibility index (Phi) is 8.27. The number of fused-ring (bicyclic) bond motifs is 1. The summed E-state index contributed by atoms with van der Waals surface area (Å²) in [5.74, 6) is 0.379. The Morgan fingerprint density at radius 3 is 2.50 bits per heavy atom. The number of hydrogen-bond acceptors (Lipinski definition) is 12. The minimum absolute atomic E-state index is 0.173. The van der Waals surface area contributed by atoms with Crippen LogP contribution < -0.4 is 15.8 Å². The van der Waals surface area contributed by atoms with Gasteiger partial charge in [0.05, 0.1) is 36.2 Å². The van der Waals surface area contributed by atoms with E-state index in [0.29, 0.717) is 50.7 Å². The Hall–Kier alpha value is -2.98. The Bertz CT molecular complexity index is 1330. The van der Waals surface area contributed by atoms with Crippen LogP contribution in [0.3, 0.4) is 0 Å². The van der Waals surface area contributed by atoms with Crippen LogP contribution in [0.2, 0.25) is 0 Å². The van der Waals surface area contributed by atoms with Crippen molar-refractivity contribution in [2.24, 2.45) is 10.2 Å². The van der Waals surface area contributed by atoms with Crippen molar-refractivity contribution in [2.45, 2.75) is 16.7 Å². The first-order chi connectivity index (χ1) is 16.2. The summed E-state index contributed by atoms with van der Waals surface area (Å²) in [7, 11) is -1.65. The maximum absolute atomic E-state index is 12.1. The molecule has 0 amide bonds. The lowest BCUT2D eigenvalue weighted by atomic mass is 10.0. The highest BCUT2D eigenvalue weighted by atomic mass is 32.2. The predicted octanol–water partition coefficient (Wildman–Crippen LogP) is 4.85. The van der Waals surface area contributed by atoms with Crippen molar-refractivity contribution in [1.29, 1.82) is 0 Å². The molecule has 0 saturated carbocycles. The Morgan fingerprint density at radius 2 is 1.85 bits per heavy atom. The fourth-order valence-corrected chi connectivity index (χ4v) is 4.40. The van der Waals surface area contributed by atoms with Gasteiger partial charge in [-0.05, 0) is 48.2 Å². The van der Waals surface area contributed by atoms with E-state index >= 15 is 0 Å². The molecular weight excluding hydrogens is 488 g/mol. The molecule has 0 spiro atoms. The first kappa shape index (κ1) is 25.6. The van der Waals surface area contributed by atoms with Gasteiger partial charge in [0.25, 0.3) is 10.1 Å². The van der Waals surface area contributed by atoms with Crippen LogP contribution in [0.1, 0.15) is 5.56 Å². The van der Waals surface area contributed by atoms with E-state index in [9.17, 15) is 13.0 Å². The largest absolute Gasteiger partial charge is 0.495 e. The van der Waals surface area contributed by atoms with Crippen molar-refractivity contribution in [3.8, 4) is 5.75 Å². The quantitative estimate of drug-likeness (QED) is 0.0558. The number of methoxy groups -OCH3 is 2. The number of benzene rings is 3. The van der Waals surface area contributed by atoms with Gasteiger partial charge in [-0.15, -0.1) is 9.45 Å². The zero-order chi connectivity index (χ0) is 24.9. The van der Waals surface area contributed by atoms with Crippen LogP contribution in [0.4, 0.5) is 22.7 Å².